The zero-order valence-electron chi connectivity index (χ0n) is 9.41. The largest absolute Gasteiger partial charge is 0.393 e. The Balaban J connectivity index is 2.20. The second kappa shape index (κ2) is 6.70. The average Bonchev–Trinajstić information content (AvgIpc) is 2.18. The molecule has 1 aliphatic carbocycles. The van der Waals surface area contributed by atoms with Crippen molar-refractivity contribution in [2.45, 2.75) is 31.8 Å². The van der Waals surface area contributed by atoms with E-state index in [0.29, 0.717) is 5.92 Å². The van der Waals surface area contributed by atoms with E-state index in [-0.39, 0.29) is 6.10 Å². The lowest BCUT2D eigenvalue weighted by Gasteiger charge is -2.31. The lowest BCUT2D eigenvalue weighted by atomic mass is 9.86. The predicted molar refractivity (Wildman–Crippen MR) is 63.8 cm³/mol. The highest BCUT2D eigenvalue weighted by atomic mass is 32.2. The minimum atomic E-state index is -0.0412. The van der Waals surface area contributed by atoms with Crippen LogP contribution in [0.4, 0.5) is 0 Å². The van der Waals surface area contributed by atoms with E-state index in [1.165, 1.54) is 25.0 Å². The molecular weight excluding hydrogens is 194 g/mol. The van der Waals surface area contributed by atoms with Crippen molar-refractivity contribution in [3.63, 3.8) is 0 Å². The van der Waals surface area contributed by atoms with Crippen LogP contribution in [0.5, 0.6) is 0 Å². The molecule has 1 rings (SSSR count). The van der Waals surface area contributed by atoms with Gasteiger partial charge in [-0.15, -0.1) is 0 Å². The van der Waals surface area contributed by atoms with Crippen molar-refractivity contribution in [2.24, 2.45) is 5.92 Å². The molecule has 1 N–H and O–H groups in total. The normalized spacial score (nSPS) is 28.3. The van der Waals surface area contributed by atoms with E-state index in [0.717, 1.165) is 19.5 Å². The van der Waals surface area contributed by atoms with Crippen LogP contribution < -0.4 is 0 Å². The summed E-state index contributed by atoms with van der Waals surface area (Å²) in [5.74, 6) is 1.72. The molecule has 0 aromatic rings. The molecule has 84 valence electrons. The maximum Gasteiger partial charge on any atom is 0.0580 e. The lowest BCUT2D eigenvalue weighted by molar-refractivity contribution is 0.0525. The van der Waals surface area contributed by atoms with Gasteiger partial charge in [0.05, 0.1) is 6.10 Å². The summed E-state index contributed by atoms with van der Waals surface area (Å²) in [7, 11) is 2.16. The Kier molecular flexibility index (Phi) is 5.90. The van der Waals surface area contributed by atoms with E-state index in [1.807, 2.05) is 11.8 Å². The standard InChI is InChI=1S/C11H23NOS/c1-12(7-8-14-2)9-10-5-3-4-6-11(10)13/h10-11,13H,3-9H2,1-2H3. The second-order valence-electron chi connectivity index (χ2n) is 4.37. The molecule has 1 fully saturated rings. The molecule has 14 heavy (non-hydrogen) atoms. The van der Waals surface area contributed by atoms with Gasteiger partial charge in [0.2, 0.25) is 0 Å². The van der Waals surface area contributed by atoms with Crippen LogP contribution in [0.1, 0.15) is 25.7 Å². The van der Waals surface area contributed by atoms with Crippen LogP contribution in [-0.2, 0) is 0 Å². The van der Waals surface area contributed by atoms with Crippen molar-refractivity contribution in [2.75, 3.05) is 32.1 Å². The van der Waals surface area contributed by atoms with Gasteiger partial charge in [-0.1, -0.05) is 12.8 Å². The number of nitrogens with zero attached hydrogens (tertiary/aromatic N) is 1. The minimum absolute atomic E-state index is 0.0412. The Labute approximate surface area is 92.1 Å². The van der Waals surface area contributed by atoms with Crippen molar-refractivity contribution < 1.29 is 5.11 Å². The molecule has 3 heteroatoms. The molecule has 0 saturated heterocycles. The van der Waals surface area contributed by atoms with Crippen LogP contribution in [-0.4, -0.2) is 48.3 Å². The van der Waals surface area contributed by atoms with Gasteiger partial charge in [0.1, 0.15) is 0 Å². The second-order valence-corrected chi connectivity index (χ2v) is 5.35. The molecule has 2 atom stereocenters. The number of hydrogen-bond donors (Lipinski definition) is 1. The van der Waals surface area contributed by atoms with Crippen molar-refractivity contribution in [3.8, 4) is 0 Å². The Morgan fingerprint density at radius 3 is 2.71 bits per heavy atom. The molecule has 0 radical (unpaired) electrons. The molecule has 2 unspecified atom stereocenters. The first-order chi connectivity index (χ1) is 6.74. The van der Waals surface area contributed by atoms with Crippen LogP contribution in [0.3, 0.4) is 0 Å². The zero-order valence-corrected chi connectivity index (χ0v) is 10.2. The fourth-order valence-electron chi connectivity index (χ4n) is 2.14. The van der Waals surface area contributed by atoms with E-state index in [9.17, 15) is 5.11 Å². The van der Waals surface area contributed by atoms with Crippen LogP contribution in [0.2, 0.25) is 0 Å². The summed E-state index contributed by atoms with van der Waals surface area (Å²) < 4.78 is 0. The van der Waals surface area contributed by atoms with Gasteiger partial charge in [-0.3, -0.25) is 0 Å². The zero-order chi connectivity index (χ0) is 10.4. The van der Waals surface area contributed by atoms with Gasteiger partial charge in [-0.05, 0) is 32.1 Å². The Hall–Kier alpha value is 0.270. The molecule has 1 aliphatic rings. The molecule has 0 spiro atoms. The summed E-state index contributed by atoms with van der Waals surface area (Å²) in [5.41, 5.74) is 0. The number of rotatable bonds is 5. The first-order valence-corrected chi connectivity index (χ1v) is 6.99. The third-order valence-corrected chi connectivity index (χ3v) is 3.68. The molecular formula is C11H23NOS. The first-order valence-electron chi connectivity index (χ1n) is 5.59. The number of aliphatic hydroxyl groups is 1. The van der Waals surface area contributed by atoms with E-state index in [4.69, 9.17) is 0 Å². The molecule has 0 aromatic heterocycles. The number of hydrogen-bond acceptors (Lipinski definition) is 3. The van der Waals surface area contributed by atoms with Gasteiger partial charge in [0.15, 0.2) is 0 Å². The van der Waals surface area contributed by atoms with Gasteiger partial charge in [0, 0.05) is 18.8 Å². The van der Waals surface area contributed by atoms with Crippen molar-refractivity contribution in [3.05, 3.63) is 0 Å². The van der Waals surface area contributed by atoms with Crippen LogP contribution in [0.15, 0.2) is 0 Å². The summed E-state index contributed by atoms with van der Waals surface area (Å²) in [5, 5.41) is 9.81. The van der Waals surface area contributed by atoms with E-state index < -0.39 is 0 Å². The van der Waals surface area contributed by atoms with Crippen LogP contribution >= 0.6 is 11.8 Å². The van der Waals surface area contributed by atoms with Crippen molar-refractivity contribution in [1.82, 2.24) is 4.90 Å². The third kappa shape index (κ3) is 4.20. The quantitative estimate of drug-likeness (QED) is 0.760. The number of thioether (sulfide) groups is 1. The first kappa shape index (κ1) is 12.3. The Bertz CT molecular complexity index is 154. The van der Waals surface area contributed by atoms with Crippen LogP contribution in [0, 0.1) is 5.92 Å². The average molecular weight is 217 g/mol. The van der Waals surface area contributed by atoms with Gasteiger partial charge < -0.3 is 10.0 Å². The lowest BCUT2D eigenvalue weighted by Crippen LogP contribution is -2.35. The summed E-state index contributed by atoms with van der Waals surface area (Å²) >= 11 is 1.89. The maximum atomic E-state index is 9.81. The van der Waals surface area contributed by atoms with Crippen molar-refractivity contribution >= 4 is 11.8 Å². The van der Waals surface area contributed by atoms with Crippen molar-refractivity contribution in [1.29, 1.82) is 0 Å². The molecule has 0 bridgehead atoms. The fourth-order valence-corrected chi connectivity index (χ4v) is 2.63. The highest BCUT2D eigenvalue weighted by Gasteiger charge is 2.23. The van der Waals surface area contributed by atoms with Crippen LogP contribution in [0.25, 0.3) is 0 Å². The summed E-state index contributed by atoms with van der Waals surface area (Å²) in [6.07, 6.45) is 6.85. The Morgan fingerprint density at radius 2 is 2.07 bits per heavy atom. The molecule has 0 heterocycles. The fraction of sp³-hybridized carbons (Fsp3) is 1.00. The SMILES string of the molecule is CSCCN(C)CC1CCCCC1O. The van der Waals surface area contributed by atoms with E-state index >= 15 is 0 Å². The topological polar surface area (TPSA) is 23.5 Å². The predicted octanol–water partition coefficient (Wildman–Crippen LogP) is 1.83. The number of aliphatic hydroxyl groups excluding tert-OH is 1. The maximum absolute atomic E-state index is 9.81. The summed E-state index contributed by atoms with van der Waals surface area (Å²) in [6, 6.07) is 0. The van der Waals surface area contributed by atoms with Gasteiger partial charge >= 0.3 is 0 Å². The third-order valence-electron chi connectivity index (χ3n) is 3.09. The van der Waals surface area contributed by atoms with Gasteiger partial charge in [-0.25, -0.2) is 0 Å². The van der Waals surface area contributed by atoms with Gasteiger partial charge in [0.25, 0.3) is 0 Å². The van der Waals surface area contributed by atoms with E-state index in [2.05, 4.69) is 18.2 Å². The smallest absolute Gasteiger partial charge is 0.0580 e. The molecule has 0 amide bonds. The molecule has 1 saturated carbocycles. The van der Waals surface area contributed by atoms with Gasteiger partial charge in [-0.2, -0.15) is 11.8 Å². The van der Waals surface area contributed by atoms with E-state index in [1.54, 1.807) is 0 Å². The molecule has 0 aliphatic heterocycles. The minimum Gasteiger partial charge on any atom is -0.393 e. The highest BCUT2D eigenvalue weighted by molar-refractivity contribution is 7.98. The highest BCUT2D eigenvalue weighted by Crippen LogP contribution is 2.24. The molecule has 2 nitrogen and oxygen atoms in total. The summed E-state index contributed by atoms with van der Waals surface area (Å²) in [4.78, 5) is 2.36. The molecule has 0 aromatic carbocycles. The summed E-state index contributed by atoms with van der Waals surface area (Å²) in [6.45, 7) is 2.21. The Morgan fingerprint density at radius 1 is 1.36 bits per heavy atom. The monoisotopic (exact) mass is 217 g/mol.